The highest BCUT2D eigenvalue weighted by molar-refractivity contribution is 6.34. The van der Waals surface area contributed by atoms with Crippen molar-refractivity contribution in [3.8, 4) is 0 Å². The molecule has 0 aromatic heterocycles. The van der Waals surface area contributed by atoms with E-state index < -0.39 is 0 Å². The summed E-state index contributed by atoms with van der Waals surface area (Å²) in [6.07, 6.45) is 0.843. The van der Waals surface area contributed by atoms with Gasteiger partial charge < -0.3 is 10.6 Å². The minimum atomic E-state index is -0.189. The molecule has 0 spiro atoms. The van der Waals surface area contributed by atoms with E-state index in [2.05, 4.69) is 10.6 Å². The maximum Gasteiger partial charge on any atom is 0.238 e. The number of carbonyl (C=O) groups is 2. The highest BCUT2D eigenvalue weighted by Crippen LogP contribution is 2.27. The molecule has 0 atom stereocenters. The van der Waals surface area contributed by atoms with Gasteiger partial charge in [0, 0.05) is 5.69 Å². The Kier molecular flexibility index (Phi) is 8.03. The van der Waals surface area contributed by atoms with Crippen LogP contribution in [0.15, 0.2) is 36.4 Å². The minimum Gasteiger partial charge on any atom is -0.325 e. The van der Waals surface area contributed by atoms with Crippen LogP contribution in [0.1, 0.15) is 30.0 Å². The van der Waals surface area contributed by atoms with E-state index in [4.69, 9.17) is 11.6 Å². The molecule has 2 aromatic carbocycles. The van der Waals surface area contributed by atoms with Gasteiger partial charge in [0.25, 0.3) is 0 Å². The summed E-state index contributed by atoms with van der Waals surface area (Å²) in [6.45, 7) is 8.75. The van der Waals surface area contributed by atoms with Crippen molar-refractivity contribution in [3.05, 3.63) is 58.1 Å². The van der Waals surface area contributed by atoms with Gasteiger partial charge in [-0.05, 0) is 62.6 Å². The molecular weight excluding hydrogens is 374 g/mol. The van der Waals surface area contributed by atoms with Crippen LogP contribution in [0.5, 0.6) is 0 Å². The third-order valence-electron chi connectivity index (χ3n) is 4.39. The average molecular weight is 402 g/mol. The molecule has 0 aliphatic rings. The molecule has 0 aliphatic heterocycles. The van der Waals surface area contributed by atoms with Gasteiger partial charge in [0.1, 0.15) is 0 Å². The number of hydrogen-bond acceptors (Lipinski definition) is 3. The van der Waals surface area contributed by atoms with Crippen molar-refractivity contribution < 1.29 is 9.59 Å². The van der Waals surface area contributed by atoms with E-state index in [-0.39, 0.29) is 24.9 Å². The van der Waals surface area contributed by atoms with Gasteiger partial charge in [-0.25, -0.2) is 0 Å². The number of carbonyl (C=O) groups excluding carboxylic acids is 2. The molecular formula is C22H28ClN3O2. The van der Waals surface area contributed by atoms with Crippen LogP contribution in [-0.4, -0.2) is 36.3 Å². The molecule has 28 heavy (non-hydrogen) atoms. The molecule has 150 valence electrons. The number of halogens is 1. The summed E-state index contributed by atoms with van der Waals surface area (Å²) >= 11 is 6.27. The summed E-state index contributed by atoms with van der Waals surface area (Å²) in [5.74, 6) is -0.328. The molecule has 5 nitrogen and oxygen atoms in total. The molecule has 0 saturated carbocycles. The van der Waals surface area contributed by atoms with Gasteiger partial charge in [-0.1, -0.05) is 42.8 Å². The normalized spacial score (nSPS) is 10.8. The molecule has 0 saturated heterocycles. The Morgan fingerprint density at radius 1 is 0.964 bits per heavy atom. The number of benzene rings is 2. The molecule has 6 heteroatoms. The van der Waals surface area contributed by atoms with Gasteiger partial charge in [-0.3, -0.25) is 14.5 Å². The van der Waals surface area contributed by atoms with Gasteiger partial charge in [0.15, 0.2) is 0 Å². The molecule has 2 aromatic rings. The average Bonchev–Trinajstić information content (AvgIpc) is 2.60. The van der Waals surface area contributed by atoms with Crippen LogP contribution in [0, 0.1) is 20.8 Å². The Bertz CT molecular complexity index is 828. The Morgan fingerprint density at radius 3 is 2.21 bits per heavy atom. The lowest BCUT2D eigenvalue weighted by atomic mass is 10.1. The fraction of sp³-hybridized carbons (Fsp3) is 0.364. The molecule has 2 rings (SSSR count). The van der Waals surface area contributed by atoms with E-state index >= 15 is 0 Å². The largest absolute Gasteiger partial charge is 0.325 e. The van der Waals surface area contributed by atoms with Crippen molar-refractivity contribution in [2.45, 2.75) is 34.1 Å². The van der Waals surface area contributed by atoms with Crippen LogP contribution in [0.25, 0.3) is 0 Å². The van der Waals surface area contributed by atoms with E-state index in [9.17, 15) is 9.59 Å². The number of anilines is 2. The molecule has 2 N–H and O–H groups in total. The molecule has 0 bridgehead atoms. The Labute approximate surface area is 172 Å². The first-order chi connectivity index (χ1) is 13.3. The first kappa shape index (κ1) is 21.9. The SMILES string of the molecule is CCCN(CC(=O)Nc1ccccc1C)CC(=O)Nc1c(C)cc(C)cc1Cl. The van der Waals surface area contributed by atoms with Gasteiger partial charge in [-0.2, -0.15) is 0 Å². The first-order valence-corrected chi connectivity index (χ1v) is 9.82. The molecule has 0 heterocycles. The Hall–Kier alpha value is -2.37. The molecule has 0 radical (unpaired) electrons. The summed E-state index contributed by atoms with van der Waals surface area (Å²) in [7, 11) is 0. The number of para-hydroxylation sites is 1. The van der Waals surface area contributed by atoms with Crippen LogP contribution in [-0.2, 0) is 9.59 Å². The maximum absolute atomic E-state index is 12.5. The number of aryl methyl sites for hydroxylation is 3. The fourth-order valence-electron chi connectivity index (χ4n) is 3.09. The van der Waals surface area contributed by atoms with Gasteiger partial charge in [-0.15, -0.1) is 0 Å². The number of nitrogens with zero attached hydrogens (tertiary/aromatic N) is 1. The molecule has 0 aliphatic carbocycles. The van der Waals surface area contributed by atoms with E-state index in [1.165, 1.54) is 0 Å². The second kappa shape index (κ2) is 10.2. The summed E-state index contributed by atoms with van der Waals surface area (Å²) in [5.41, 5.74) is 4.37. The summed E-state index contributed by atoms with van der Waals surface area (Å²) in [6, 6.07) is 11.4. The second-order valence-electron chi connectivity index (χ2n) is 7.06. The van der Waals surface area contributed by atoms with Crippen molar-refractivity contribution in [2.24, 2.45) is 0 Å². The van der Waals surface area contributed by atoms with E-state index in [0.29, 0.717) is 17.3 Å². The topological polar surface area (TPSA) is 61.4 Å². The summed E-state index contributed by atoms with van der Waals surface area (Å²) in [4.78, 5) is 26.8. The predicted molar refractivity (Wildman–Crippen MR) is 116 cm³/mol. The van der Waals surface area contributed by atoms with Crippen molar-refractivity contribution in [1.29, 1.82) is 0 Å². The van der Waals surface area contributed by atoms with E-state index in [0.717, 1.165) is 28.8 Å². The quantitative estimate of drug-likeness (QED) is 0.681. The summed E-state index contributed by atoms with van der Waals surface area (Å²) < 4.78 is 0. The van der Waals surface area contributed by atoms with Crippen LogP contribution in [0.4, 0.5) is 11.4 Å². The van der Waals surface area contributed by atoms with Crippen molar-refractivity contribution in [3.63, 3.8) is 0 Å². The van der Waals surface area contributed by atoms with Crippen LogP contribution in [0.3, 0.4) is 0 Å². The highest BCUT2D eigenvalue weighted by atomic mass is 35.5. The number of hydrogen-bond donors (Lipinski definition) is 2. The number of amides is 2. The first-order valence-electron chi connectivity index (χ1n) is 9.44. The molecule has 0 unspecified atom stereocenters. The van der Waals surface area contributed by atoms with Gasteiger partial charge in [0.05, 0.1) is 23.8 Å². The van der Waals surface area contributed by atoms with Crippen LogP contribution in [0.2, 0.25) is 5.02 Å². The molecule has 2 amide bonds. The van der Waals surface area contributed by atoms with Crippen molar-refractivity contribution in [1.82, 2.24) is 4.90 Å². The highest BCUT2D eigenvalue weighted by Gasteiger charge is 2.16. The van der Waals surface area contributed by atoms with Crippen LogP contribution < -0.4 is 10.6 Å². The zero-order valence-electron chi connectivity index (χ0n) is 16.9. The smallest absolute Gasteiger partial charge is 0.238 e. The maximum atomic E-state index is 12.5. The monoisotopic (exact) mass is 401 g/mol. The Balaban J connectivity index is 1.99. The van der Waals surface area contributed by atoms with Gasteiger partial charge >= 0.3 is 0 Å². The third kappa shape index (κ3) is 6.36. The van der Waals surface area contributed by atoms with Crippen molar-refractivity contribution in [2.75, 3.05) is 30.3 Å². The third-order valence-corrected chi connectivity index (χ3v) is 4.69. The van der Waals surface area contributed by atoms with Crippen LogP contribution >= 0.6 is 11.6 Å². The predicted octanol–water partition coefficient (Wildman–Crippen LogP) is 4.55. The van der Waals surface area contributed by atoms with Gasteiger partial charge in [0.2, 0.25) is 11.8 Å². The number of nitrogens with one attached hydrogen (secondary N) is 2. The lowest BCUT2D eigenvalue weighted by molar-refractivity contribution is -0.120. The lowest BCUT2D eigenvalue weighted by Crippen LogP contribution is -2.39. The lowest BCUT2D eigenvalue weighted by Gasteiger charge is -2.21. The molecule has 0 fully saturated rings. The van der Waals surface area contributed by atoms with E-state index in [1.807, 2.05) is 69.0 Å². The zero-order chi connectivity index (χ0) is 20.7. The second-order valence-corrected chi connectivity index (χ2v) is 7.47. The summed E-state index contributed by atoms with van der Waals surface area (Å²) in [5, 5.41) is 6.31. The van der Waals surface area contributed by atoms with E-state index in [1.54, 1.807) is 0 Å². The number of rotatable bonds is 8. The Morgan fingerprint density at radius 2 is 1.61 bits per heavy atom. The minimum absolute atomic E-state index is 0.124. The fourth-order valence-corrected chi connectivity index (χ4v) is 3.46. The van der Waals surface area contributed by atoms with Crippen molar-refractivity contribution >= 4 is 34.8 Å². The zero-order valence-corrected chi connectivity index (χ0v) is 17.7. The standard InChI is InChI=1S/C22H28ClN3O2/c1-5-10-26(13-20(27)24-19-9-7-6-8-16(19)3)14-21(28)25-22-17(4)11-15(2)12-18(22)23/h6-9,11-12H,5,10,13-14H2,1-4H3,(H,24,27)(H,25,28).